The van der Waals surface area contributed by atoms with Crippen LogP contribution in [0.25, 0.3) is 0 Å². The van der Waals surface area contributed by atoms with E-state index < -0.39 is 61.4 Å². The van der Waals surface area contributed by atoms with Crippen LogP contribution in [0.4, 0.5) is 4.79 Å². The SMILES string of the molecule is O=C[C@H](CC(=O)O)NC(=O)CN1CC(=O)N(Cc2ccccc2)CC(NC(=O)OCc2ccccc2)C1=O. The minimum Gasteiger partial charge on any atom is -0.481 e. The van der Waals surface area contributed by atoms with Gasteiger partial charge in [-0.2, -0.15) is 0 Å². The highest BCUT2D eigenvalue weighted by molar-refractivity contribution is 5.95. The molecule has 2 aromatic carbocycles. The molecule has 0 saturated carbocycles. The summed E-state index contributed by atoms with van der Waals surface area (Å²) in [6.07, 6.45) is -1.24. The number of hydrogen-bond donors (Lipinski definition) is 3. The lowest BCUT2D eigenvalue weighted by molar-refractivity contribution is -0.141. The van der Waals surface area contributed by atoms with Crippen molar-refractivity contribution in [2.24, 2.45) is 0 Å². The number of hydrogen-bond acceptors (Lipinski definition) is 7. The third-order valence-electron chi connectivity index (χ3n) is 5.65. The summed E-state index contributed by atoms with van der Waals surface area (Å²) in [4.78, 5) is 75.7. The first-order chi connectivity index (χ1) is 18.2. The number of aliphatic carboxylic acids is 1. The molecular weight excluding hydrogens is 496 g/mol. The van der Waals surface area contributed by atoms with Crippen LogP contribution in [0.2, 0.25) is 0 Å². The molecule has 1 aliphatic rings. The van der Waals surface area contributed by atoms with Crippen molar-refractivity contribution in [3.63, 3.8) is 0 Å². The molecule has 200 valence electrons. The molecule has 0 aromatic heterocycles. The minimum atomic E-state index is -1.30. The van der Waals surface area contributed by atoms with E-state index in [1.165, 1.54) is 4.90 Å². The van der Waals surface area contributed by atoms with Crippen molar-refractivity contribution in [2.75, 3.05) is 19.6 Å². The molecule has 1 heterocycles. The standard InChI is InChI=1S/C26H28N4O8/c31-16-20(11-24(34)35)27-22(32)14-30-15-23(33)29(12-18-7-3-1-4-8-18)13-21(25(30)36)28-26(37)38-17-19-9-5-2-6-10-19/h1-10,16,20-21H,11-15,17H2,(H,27,32)(H,28,37)(H,34,35)/t20-,21?/m0/s1. The highest BCUT2D eigenvalue weighted by atomic mass is 16.5. The zero-order valence-corrected chi connectivity index (χ0v) is 20.4. The number of carbonyl (C=O) groups is 6. The Bertz CT molecular complexity index is 1160. The lowest BCUT2D eigenvalue weighted by Gasteiger charge is -2.24. The molecule has 1 aliphatic heterocycles. The van der Waals surface area contributed by atoms with Crippen LogP contribution in [-0.2, 0) is 41.9 Å². The summed E-state index contributed by atoms with van der Waals surface area (Å²) in [7, 11) is 0. The highest BCUT2D eigenvalue weighted by Gasteiger charge is 2.36. The number of nitrogens with one attached hydrogen (secondary N) is 2. The van der Waals surface area contributed by atoms with Crippen LogP contribution in [0.5, 0.6) is 0 Å². The zero-order valence-electron chi connectivity index (χ0n) is 20.4. The molecule has 0 spiro atoms. The van der Waals surface area contributed by atoms with E-state index >= 15 is 0 Å². The average molecular weight is 525 g/mol. The molecule has 1 fully saturated rings. The summed E-state index contributed by atoms with van der Waals surface area (Å²) >= 11 is 0. The number of rotatable bonds is 11. The van der Waals surface area contributed by atoms with Gasteiger partial charge in [-0.25, -0.2) is 4.79 Å². The van der Waals surface area contributed by atoms with E-state index in [1.54, 1.807) is 36.4 Å². The van der Waals surface area contributed by atoms with Crippen LogP contribution in [0.3, 0.4) is 0 Å². The molecule has 1 unspecified atom stereocenters. The number of nitrogens with zero attached hydrogens (tertiary/aromatic N) is 2. The van der Waals surface area contributed by atoms with Crippen molar-refractivity contribution in [1.29, 1.82) is 0 Å². The molecule has 0 radical (unpaired) electrons. The molecule has 12 heteroatoms. The third-order valence-corrected chi connectivity index (χ3v) is 5.65. The maximum atomic E-state index is 13.3. The predicted molar refractivity (Wildman–Crippen MR) is 132 cm³/mol. The highest BCUT2D eigenvalue weighted by Crippen LogP contribution is 2.12. The topological polar surface area (TPSA) is 162 Å². The van der Waals surface area contributed by atoms with Gasteiger partial charge >= 0.3 is 12.1 Å². The molecule has 1 saturated heterocycles. The lowest BCUT2D eigenvalue weighted by Crippen LogP contribution is -2.53. The van der Waals surface area contributed by atoms with Gasteiger partial charge in [0.1, 0.15) is 32.0 Å². The van der Waals surface area contributed by atoms with Gasteiger partial charge in [0.15, 0.2) is 0 Å². The Hall–Kier alpha value is -4.74. The number of benzene rings is 2. The average Bonchev–Trinajstić information content (AvgIpc) is 3.00. The molecule has 2 atom stereocenters. The molecule has 4 amide bonds. The Morgan fingerprint density at radius 3 is 2.24 bits per heavy atom. The first-order valence-electron chi connectivity index (χ1n) is 11.8. The second-order valence-corrected chi connectivity index (χ2v) is 8.62. The van der Waals surface area contributed by atoms with Crippen LogP contribution in [0, 0.1) is 0 Å². The third kappa shape index (κ3) is 8.43. The van der Waals surface area contributed by atoms with Gasteiger partial charge in [-0.3, -0.25) is 19.2 Å². The molecule has 0 bridgehead atoms. The number of carboxylic acid groups (broad SMARTS) is 1. The zero-order chi connectivity index (χ0) is 27.5. The number of carboxylic acids is 1. The monoisotopic (exact) mass is 524 g/mol. The van der Waals surface area contributed by atoms with Crippen LogP contribution in [-0.4, -0.2) is 82.7 Å². The quantitative estimate of drug-likeness (QED) is 0.354. The van der Waals surface area contributed by atoms with Gasteiger partial charge in [-0.05, 0) is 11.1 Å². The Morgan fingerprint density at radius 1 is 1.00 bits per heavy atom. The van der Waals surface area contributed by atoms with Gasteiger partial charge in [-0.15, -0.1) is 0 Å². The van der Waals surface area contributed by atoms with Crippen molar-refractivity contribution in [3.8, 4) is 0 Å². The van der Waals surface area contributed by atoms with Gasteiger partial charge in [0.25, 0.3) is 0 Å². The lowest BCUT2D eigenvalue weighted by atomic mass is 10.2. The summed E-state index contributed by atoms with van der Waals surface area (Å²) in [6, 6.07) is 15.4. The van der Waals surface area contributed by atoms with E-state index in [-0.39, 0.29) is 26.0 Å². The van der Waals surface area contributed by atoms with Gasteiger partial charge in [-0.1, -0.05) is 60.7 Å². The van der Waals surface area contributed by atoms with Crippen LogP contribution in [0.1, 0.15) is 17.5 Å². The number of carbonyl (C=O) groups excluding carboxylic acids is 5. The first-order valence-corrected chi connectivity index (χ1v) is 11.8. The normalized spacial score (nSPS) is 16.3. The van der Waals surface area contributed by atoms with E-state index in [9.17, 15) is 28.8 Å². The Kier molecular flexibility index (Phi) is 9.92. The molecule has 38 heavy (non-hydrogen) atoms. The summed E-state index contributed by atoms with van der Waals surface area (Å²) in [5.74, 6) is -3.29. The minimum absolute atomic E-state index is 0.0387. The van der Waals surface area contributed by atoms with Crippen molar-refractivity contribution >= 4 is 36.1 Å². The largest absolute Gasteiger partial charge is 0.481 e. The number of amides is 4. The first kappa shape index (κ1) is 27.8. The van der Waals surface area contributed by atoms with Crippen LogP contribution < -0.4 is 10.6 Å². The molecule has 3 N–H and O–H groups in total. The van der Waals surface area contributed by atoms with Crippen molar-refractivity contribution in [2.45, 2.75) is 31.7 Å². The van der Waals surface area contributed by atoms with Crippen molar-refractivity contribution in [3.05, 3.63) is 71.8 Å². The molecular formula is C26H28N4O8. The van der Waals surface area contributed by atoms with E-state index in [4.69, 9.17) is 9.84 Å². The molecule has 2 aromatic rings. The second-order valence-electron chi connectivity index (χ2n) is 8.62. The van der Waals surface area contributed by atoms with E-state index in [0.29, 0.717) is 0 Å². The maximum Gasteiger partial charge on any atom is 0.408 e. The Labute approximate surface area is 218 Å². The molecule has 3 rings (SSSR count). The summed E-state index contributed by atoms with van der Waals surface area (Å²) in [5.41, 5.74) is 1.53. The fourth-order valence-corrected chi connectivity index (χ4v) is 3.81. The van der Waals surface area contributed by atoms with Gasteiger partial charge < -0.3 is 35.1 Å². The van der Waals surface area contributed by atoms with Gasteiger partial charge in [0, 0.05) is 6.54 Å². The molecule has 12 nitrogen and oxygen atoms in total. The van der Waals surface area contributed by atoms with Crippen molar-refractivity contribution in [1.82, 2.24) is 20.4 Å². The van der Waals surface area contributed by atoms with E-state index in [1.807, 2.05) is 24.3 Å². The maximum absolute atomic E-state index is 13.3. The van der Waals surface area contributed by atoms with E-state index in [0.717, 1.165) is 16.0 Å². The predicted octanol–water partition coefficient (Wildman–Crippen LogP) is 0.311. The number of aldehydes is 1. The van der Waals surface area contributed by atoms with Crippen molar-refractivity contribution < 1.29 is 38.6 Å². The summed E-state index contributed by atoms with van der Waals surface area (Å²) in [5, 5.41) is 13.6. The second kappa shape index (κ2) is 13.5. The summed E-state index contributed by atoms with van der Waals surface area (Å²) < 4.78 is 5.22. The Morgan fingerprint density at radius 2 is 1.63 bits per heavy atom. The van der Waals surface area contributed by atoms with Gasteiger partial charge in [0.05, 0.1) is 19.0 Å². The molecule has 0 aliphatic carbocycles. The van der Waals surface area contributed by atoms with Crippen LogP contribution in [0.15, 0.2) is 60.7 Å². The smallest absolute Gasteiger partial charge is 0.408 e. The van der Waals surface area contributed by atoms with E-state index in [2.05, 4.69) is 10.6 Å². The fraction of sp³-hybridized carbons (Fsp3) is 0.308. The fourth-order valence-electron chi connectivity index (χ4n) is 3.81. The Balaban J connectivity index is 1.73. The number of ether oxygens (including phenoxy) is 1. The number of alkyl carbamates (subject to hydrolysis) is 1. The van der Waals surface area contributed by atoms with Gasteiger partial charge in [0.2, 0.25) is 17.7 Å². The van der Waals surface area contributed by atoms with Crippen LogP contribution >= 0.6 is 0 Å². The summed E-state index contributed by atoms with van der Waals surface area (Å²) in [6.45, 7) is -1.12.